The molecule has 6 heteroatoms. The molecule has 0 aromatic carbocycles. The molecule has 1 amide bonds. The number of carbonyl (C=O) groups is 2. The molecule has 0 radical (unpaired) electrons. The lowest BCUT2D eigenvalue weighted by Gasteiger charge is -2.28. The third-order valence-electron chi connectivity index (χ3n) is 3.12. The van der Waals surface area contributed by atoms with Crippen molar-refractivity contribution in [3.05, 3.63) is 34.2 Å². The summed E-state index contributed by atoms with van der Waals surface area (Å²) in [4.78, 5) is 34.5. The van der Waals surface area contributed by atoms with Gasteiger partial charge in [-0.2, -0.15) is 0 Å². The number of rotatable bonds is 6. The number of amides is 1. The molecule has 2 N–H and O–H groups in total. The molecule has 0 saturated carbocycles. The topological polar surface area (TPSA) is 88.4 Å². The fourth-order valence-corrected chi connectivity index (χ4v) is 2.07. The van der Waals surface area contributed by atoms with Crippen molar-refractivity contribution in [2.75, 3.05) is 6.54 Å². The van der Waals surface area contributed by atoms with Crippen LogP contribution >= 0.6 is 0 Å². The van der Waals surface area contributed by atoms with Crippen LogP contribution in [-0.4, -0.2) is 28.1 Å². The van der Waals surface area contributed by atoms with Gasteiger partial charge in [0.1, 0.15) is 5.54 Å². The molecule has 20 heavy (non-hydrogen) atoms. The largest absolute Gasteiger partial charge is 0.481 e. The maximum atomic E-state index is 12.2. The second-order valence-corrected chi connectivity index (χ2v) is 5.15. The van der Waals surface area contributed by atoms with Crippen LogP contribution in [-0.2, 0) is 15.1 Å². The summed E-state index contributed by atoms with van der Waals surface area (Å²) in [6, 6.07) is 4.82. The minimum absolute atomic E-state index is 0.00498. The molecule has 110 valence electrons. The standard InChI is InChI=1S/C14H20N2O4/c1-10-6-4-7-11(17)16(10)14(2,3)13(20)15-9-5-8-12(18)19/h4,6-7H,5,8-9H2,1-3H3,(H,15,20)(H,18,19). The van der Waals surface area contributed by atoms with Crippen molar-refractivity contribution < 1.29 is 14.7 Å². The second-order valence-electron chi connectivity index (χ2n) is 5.15. The highest BCUT2D eigenvalue weighted by Gasteiger charge is 2.31. The van der Waals surface area contributed by atoms with E-state index in [1.54, 1.807) is 32.9 Å². The Labute approximate surface area is 117 Å². The van der Waals surface area contributed by atoms with Gasteiger partial charge in [-0.05, 0) is 33.3 Å². The van der Waals surface area contributed by atoms with Crippen molar-refractivity contribution in [3.63, 3.8) is 0 Å². The Morgan fingerprint density at radius 3 is 2.55 bits per heavy atom. The molecule has 1 aromatic rings. The maximum absolute atomic E-state index is 12.2. The van der Waals surface area contributed by atoms with Gasteiger partial charge in [0.15, 0.2) is 0 Å². The van der Waals surface area contributed by atoms with Gasteiger partial charge in [0, 0.05) is 24.7 Å². The van der Waals surface area contributed by atoms with Crippen molar-refractivity contribution in [3.8, 4) is 0 Å². The minimum Gasteiger partial charge on any atom is -0.481 e. The molecular formula is C14H20N2O4. The fourth-order valence-electron chi connectivity index (χ4n) is 2.07. The van der Waals surface area contributed by atoms with Crippen molar-refractivity contribution >= 4 is 11.9 Å². The molecule has 0 saturated heterocycles. The number of aryl methyl sites for hydroxylation is 1. The monoisotopic (exact) mass is 280 g/mol. The summed E-state index contributed by atoms with van der Waals surface area (Å²) in [5.74, 6) is -1.20. The molecule has 0 fully saturated rings. The Bertz CT molecular complexity index is 561. The van der Waals surface area contributed by atoms with E-state index in [9.17, 15) is 14.4 Å². The van der Waals surface area contributed by atoms with E-state index in [1.807, 2.05) is 0 Å². The Kier molecular flexibility index (Phi) is 5.07. The molecule has 0 aliphatic carbocycles. The van der Waals surface area contributed by atoms with Gasteiger partial charge < -0.3 is 10.4 Å². The van der Waals surface area contributed by atoms with E-state index in [1.165, 1.54) is 10.6 Å². The summed E-state index contributed by atoms with van der Waals surface area (Å²) in [5, 5.41) is 11.2. The zero-order chi connectivity index (χ0) is 15.3. The lowest BCUT2D eigenvalue weighted by molar-refractivity contribution is -0.137. The number of hydrogen-bond donors (Lipinski definition) is 2. The number of pyridine rings is 1. The van der Waals surface area contributed by atoms with E-state index in [-0.39, 0.29) is 24.4 Å². The molecule has 1 aromatic heterocycles. The van der Waals surface area contributed by atoms with E-state index < -0.39 is 11.5 Å². The number of nitrogens with zero attached hydrogens (tertiary/aromatic N) is 1. The quantitative estimate of drug-likeness (QED) is 0.757. The Balaban J connectivity index is 2.80. The summed E-state index contributed by atoms with van der Waals surface area (Å²) in [6.45, 7) is 5.36. The van der Waals surface area contributed by atoms with Crippen LogP contribution in [0.4, 0.5) is 0 Å². The van der Waals surface area contributed by atoms with Crippen molar-refractivity contribution in [2.24, 2.45) is 0 Å². The zero-order valence-corrected chi connectivity index (χ0v) is 12.0. The smallest absolute Gasteiger partial charge is 0.303 e. The molecule has 0 bridgehead atoms. The molecule has 1 heterocycles. The number of carboxylic acids is 1. The normalized spacial score (nSPS) is 11.2. The third kappa shape index (κ3) is 3.69. The van der Waals surface area contributed by atoms with Crippen LogP contribution in [0.2, 0.25) is 0 Å². The summed E-state index contributed by atoms with van der Waals surface area (Å²) in [7, 11) is 0. The van der Waals surface area contributed by atoms with Gasteiger partial charge in [-0.1, -0.05) is 6.07 Å². The van der Waals surface area contributed by atoms with Crippen LogP contribution in [0.5, 0.6) is 0 Å². The molecule has 0 aliphatic heterocycles. The van der Waals surface area contributed by atoms with E-state index in [2.05, 4.69) is 5.32 Å². The molecule has 0 spiro atoms. The number of hydrogen-bond acceptors (Lipinski definition) is 3. The summed E-state index contributed by atoms with van der Waals surface area (Å²) in [6.07, 6.45) is 0.366. The van der Waals surface area contributed by atoms with E-state index in [4.69, 9.17) is 5.11 Å². The molecule has 0 unspecified atom stereocenters. The van der Waals surface area contributed by atoms with Gasteiger partial charge in [-0.3, -0.25) is 19.0 Å². The van der Waals surface area contributed by atoms with Crippen molar-refractivity contribution in [2.45, 2.75) is 39.2 Å². The lowest BCUT2D eigenvalue weighted by Crippen LogP contribution is -2.49. The number of carboxylic acid groups (broad SMARTS) is 1. The number of aliphatic carboxylic acids is 1. The minimum atomic E-state index is -1.02. The highest BCUT2D eigenvalue weighted by atomic mass is 16.4. The molecular weight excluding hydrogens is 260 g/mol. The number of nitrogens with one attached hydrogen (secondary N) is 1. The predicted molar refractivity (Wildman–Crippen MR) is 74.6 cm³/mol. The highest BCUT2D eigenvalue weighted by molar-refractivity contribution is 5.83. The van der Waals surface area contributed by atoms with E-state index >= 15 is 0 Å². The van der Waals surface area contributed by atoms with Gasteiger partial charge in [0.05, 0.1) is 0 Å². The molecule has 0 aliphatic rings. The van der Waals surface area contributed by atoms with Crippen LogP contribution < -0.4 is 10.9 Å². The molecule has 1 rings (SSSR count). The average molecular weight is 280 g/mol. The lowest BCUT2D eigenvalue weighted by atomic mass is 10.0. The van der Waals surface area contributed by atoms with Crippen LogP contribution in [0.15, 0.2) is 23.0 Å². The van der Waals surface area contributed by atoms with Gasteiger partial charge in [0.2, 0.25) is 5.91 Å². The molecule has 0 atom stereocenters. The van der Waals surface area contributed by atoms with Crippen LogP contribution in [0.1, 0.15) is 32.4 Å². The van der Waals surface area contributed by atoms with E-state index in [0.29, 0.717) is 12.1 Å². The Hall–Kier alpha value is -2.11. The van der Waals surface area contributed by atoms with Gasteiger partial charge in [-0.25, -0.2) is 0 Å². The first-order valence-electron chi connectivity index (χ1n) is 6.46. The molecule has 6 nitrogen and oxygen atoms in total. The average Bonchev–Trinajstić information content (AvgIpc) is 2.33. The highest BCUT2D eigenvalue weighted by Crippen LogP contribution is 2.15. The zero-order valence-electron chi connectivity index (χ0n) is 12.0. The fraction of sp³-hybridized carbons (Fsp3) is 0.500. The van der Waals surface area contributed by atoms with Gasteiger partial charge in [0.25, 0.3) is 5.56 Å². The van der Waals surface area contributed by atoms with Crippen LogP contribution in [0.25, 0.3) is 0 Å². The maximum Gasteiger partial charge on any atom is 0.303 e. The van der Waals surface area contributed by atoms with Gasteiger partial charge >= 0.3 is 5.97 Å². The first-order valence-corrected chi connectivity index (χ1v) is 6.46. The van der Waals surface area contributed by atoms with Crippen LogP contribution in [0, 0.1) is 6.92 Å². The SMILES string of the molecule is Cc1cccc(=O)n1C(C)(C)C(=O)NCCCC(=O)O. The second kappa shape index (κ2) is 6.36. The first kappa shape index (κ1) is 15.9. The summed E-state index contributed by atoms with van der Waals surface area (Å²) in [5.41, 5.74) is -0.565. The number of carbonyl (C=O) groups excluding carboxylic acids is 1. The van der Waals surface area contributed by atoms with Gasteiger partial charge in [-0.15, -0.1) is 0 Å². The Morgan fingerprint density at radius 1 is 1.35 bits per heavy atom. The van der Waals surface area contributed by atoms with Crippen molar-refractivity contribution in [1.82, 2.24) is 9.88 Å². The van der Waals surface area contributed by atoms with Crippen LogP contribution in [0.3, 0.4) is 0 Å². The van der Waals surface area contributed by atoms with Crippen molar-refractivity contribution in [1.29, 1.82) is 0 Å². The third-order valence-corrected chi connectivity index (χ3v) is 3.12. The Morgan fingerprint density at radius 2 is 2.00 bits per heavy atom. The summed E-state index contributed by atoms with van der Waals surface area (Å²) < 4.78 is 1.43. The first-order chi connectivity index (χ1) is 9.26. The summed E-state index contributed by atoms with van der Waals surface area (Å²) >= 11 is 0. The predicted octanol–water partition coefficient (Wildman–Crippen LogP) is 0.873. The van der Waals surface area contributed by atoms with E-state index in [0.717, 1.165) is 0 Å². The number of aromatic nitrogens is 1.